The van der Waals surface area contributed by atoms with Gasteiger partial charge in [0, 0.05) is 35.7 Å². The molecule has 1 aromatic carbocycles. The summed E-state index contributed by atoms with van der Waals surface area (Å²) in [7, 11) is 0. The molecular weight excluding hydrogens is 210 g/mol. The molecule has 1 aromatic heterocycles. The zero-order chi connectivity index (χ0) is 11.7. The quantitative estimate of drug-likeness (QED) is 0.762. The Balaban J connectivity index is 2.12. The number of nitrogens with two attached hydrogens (primary N) is 1. The van der Waals surface area contributed by atoms with Crippen LogP contribution in [0.25, 0.3) is 10.8 Å². The Morgan fingerprint density at radius 1 is 1.00 bits per heavy atom. The van der Waals surface area contributed by atoms with Gasteiger partial charge in [0.2, 0.25) is 0 Å². The van der Waals surface area contributed by atoms with Crippen LogP contribution in [0.15, 0.2) is 30.5 Å². The molecule has 0 aliphatic carbocycles. The number of rotatable bonds is 1. The van der Waals surface area contributed by atoms with Gasteiger partial charge in [0.25, 0.3) is 0 Å². The van der Waals surface area contributed by atoms with Gasteiger partial charge in [-0.2, -0.15) is 0 Å². The van der Waals surface area contributed by atoms with Crippen molar-refractivity contribution in [3.8, 4) is 0 Å². The van der Waals surface area contributed by atoms with E-state index in [0.717, 1.165) is 30.0 Å². The molecule has 0 radical (unpaired) electrons. The fourth-order valence-corrected chi connectivity index (χ4v) is 2.57. The predicted molar refractivity (Wildman–Crippen MR) is 72.2 cm³/mol. The maximum Gasteiger partial charge on any atom is 0.136 e. The van der Waals surface area contributed by atoms with E-state index < -0.39 is 0 Å². The Kier molecular flexibility index (Phi) is 2.59. The summed E-state index contributed by atoms with van der Waals surface area (Å²) in [6.45, 7) is 2.22. The molecule has 3 heteroatoms. The number of fused-ring (bicyclic) bond motifs is 1. The van der Waals surface area contributed by atoms with Crippen molar-refractivity contribution >= 4 is 22.3 Å². The van der Waals surface area contributed by atoms with E-state index >= 15 is 0 Å². The van der Waals surface area contributed by atoms with E-state index in [-0.39, 0.29) is 0 Å². The number of nitrogen functional groups attached to an aromatic ring is 1. The van der Waals surface area contributed by atoms with E-state index in [1.807, 2.05) is 24.4 Å². The van der Waals surface area contributed by atoms with Gasteiger partial charge in [-0.15, -0.1) is 0 Å². The molecule has 0 unspecified atom stereocenters. The zero-order valence-electron chi connectivity index (χ0n) is 9.89. The van der Waals surface area contributed by atoms with E-state index in [2.05, 4.69) is 16.0 Å². The maximum absolute atomic E-state index is 6.01. The lowest BCUT2D eigenvalue weighted by Gasteiger charge is -2.28. The van der Waals surface area contributed by atoms with Crippen molar-refractivity contribution in [3.63, 3.8) is 0 Å². The van der Waals surface area contributed by atoms with Crippen molar-refractivity contribution < 1.29 is 0 Å². The van der Waals surface area contributed by atoms with Crippen molar-refractivity contribution in [1.29, 1.82) is 0 Å². The molecule has 1 fully saturated rings. The highest BCUT2D eigenvalue weighted by molar-refractivity contribution is 5.99. The summed E-state index contributed by atoms with van der Waals surface area (Å²) in [4.78, 5) is 6.92. The molecule has 88 valence electrons. The Labute approximate surface area is 101 Å². The highest BCUT2D eigenvalue weighted by atomic mass is 15.2. The monoisotopic (exact) mass is 227 g/mol. The molecule has 3 rings (SSSR count). The van der Waals surface area contributed by atoms with E-state index in [1.54, 1.807) is 0 Å². The second-order valence-corrected chi connectivity index (χ2v) is 4.62. The topological polar surface area (TPSA) is 42.1 Å². The van der Waals surface area contributed by atoms with Gasteiger partial charge < -0.3 is 10.6 Å². The number of anilines is 2. The minimum atomic E-state index is 0.836. The van der Waals surface area contributed by atoms with Gasteiger partial charge in [-0.3, -0.25) is 0 Å². The average Bonchev–Trinajstić information content (AvgIpc) is 2.40. The van der Waals surface area contributed by atoms with Crippen LogP contribution in [-0.4, -0.2) is 18.1 Å². The molecule has 2 aromatic rings. The number of hydrogen-bond donors (Lipinski definition) is 1. The van der Waals surface area contributed by atoms with Crippen LogP contribution in [0, 0.1) is 0 Å². The van der Waals surface area contributed by atoms with Gasteiger partial charge in [-0.25, -0.2) is 4.98 Å². The van der Waals surface area contributed by atoms with Crippen molar-refractivity contribution in [3.05, 3.63) is 30.5 Å². The molecular formula is C14H17N3. The largest absolute Gasteiger partial charge is 0.398 e. The fraction of sp³-hybridized carbons (Fsp3) is 0.357. The highest BCUT2D eigenvalue weighted by Crippen LogP contribution is 2.29. The molecule has 0 amide bonds. The number of benzene rings is 1. The van der Waals surface area contributed by atoms with Crippen LogP contribution in [0.3, 0.4) is 0 Å². The molecule has 0 bridgehead atoms. The molecule has 2 N–H and O–H groups in total. The van der Waals surface area contributed by atoms with Crippen LogP contribution < -0.4 is 10.6 Å². The Hall–Kier alpha value is -1.77. The number of hydrogen-bond acceptors (Lipinski definition) is 3. The van der Waals surface area contributed by atoms with Crippen LogP contribution in [-0.2, 0) is 0 Å². The zero-order valence-corrected chi connectivity index (χ0v) is 9.89. The highest BCUT2D eigenvalue weighted by Gasteiger charge is 2.14. The third kappa shape index (κ3) is 1.82. The molecule has 0 atom stereocenters. The van der Waals surface area contributed by atoms with Gasteiger partial charge in [0.1, 0.15) is 5.82 Å². The Morgan fingerprint density at radius 3 is 2.65 bits per heavy atom. The molecule has 17 heavy (non-hydrogen) atoms. The van der Waals surface area contributed by atoms with Crippen LogP contribution >= 0.6 is 0 Å². The molecule has 0 saturated carbocycles. The van der Waals surface area contributed by atoms with Crippen LogP contribution in [0.2, 0.25) is 0 Å². The first kappa shape index (κ1) is 10.4. The SMILES string of the molecule is Nc1cccc2c(N3CCCCC3)nccc12. The summed E-state index contributed by atoms with van der Waals surface area (Å²) in [5.74, 6) is 1.09. The number of aromatic nitrogens is 1. The summed E-state index contributed by atoms with van der Waals surface area (Å²) in [6, 6.07) is 8.07. The van der Waals surface area contributed by atoms with Gasteiger partial charge in [0.05, 0.1) is 0 Å². The lowest BCUT2D eigenvalue weighted by atomic mass is 10.1. The maximum atomic E-state index is 6.01. The second-order valence-electron chi connectivity index (χ2n) is 4.62. The summed E-state index contributed by atoms with van der Waals surface area (Å²) in [6.07, 6.45) is 5.73. The van der Waals surface area contributed by atoms with Gasteiger partial charge in [0.15, 0.2) is 0 Å². The van der Waals surface area contributed by atoms with E-state index in [9.17, 15) is 0 Å². The first-order valence-electron chi connectivity index (χ1n) is 6.24. The number of pyridine rings is 1. The van der Waals surface area contributed by atoms with Crippen molar-refractivity contribution in [2.75, 3.05) is 23.7 Å². The standard InChI is InChI=1S/C14H17N3/c15-13-6-4-5-12-11(13)7-8-16-14(12)17-9-2-1-3-10-17/h4-8H,1-3,9-10,15H2. The molecule has 1 aliphatic rings. The predicted octanol–water partition coefficient (Wildman–Crippen LogP) is 2.81. The molecule has 0 spiro atoms. The van der Waals surface area contributed by atoms with E-state index in [0.29, 0.717) is 0 Å². The van der Waals surface area contributed by atoms with Crippen molar-refractivity contribution in [2.45, 2.75) is 19.3 Å². The third-order valence-electron chi connectivity index (χ3n) is 3.47. The molecule has 3 nitrogen and oxygen atoms in total. The normalized spacial score (nSPS) is 16.4. The average molecular weight is 227 g/mol. The molecule has 2 heterocycles. The fourth-order valence-electron chi connectivity index (χ4n) is 2.57. The van der Waals surface area contributed by atoms with Crippen molar-refractivity contribution in [2.24, 2.45) is 0 Å². The van der Waals surface area contributed by atoms with Crippen LogP contribution in [0.4, 0.5) is 11.5 Å². The number of nitrogens with zero attached hydrogens (tertiary/aromatic N) is 2. The summed E-state index contributed by atoms with van der Waals surface area (Å²) in [5.41, 5.74) is 6.84. The van der Waals surface area contributed by atoms with Crippen LogP contribution in [0.1, 0.15) is 19.3 Å². The summed E-state index contributed by atoms with van der Waals surface area (Å²) < 4.78 is 0. The summed E-state index contributed by atoms with van der Waals surface area (Å²) >= 11 is 0. The summed E-state index contributed by atoms with van der Waals surface area (Å²) in [5, 5.41) is 2.29. The van der Waals surface area contributed by atoms with E-state index in [4.69, 9.17) is 5.73 Å². The van der Waals surface area contributed by atoms with Gasteiger partial charge >= 0.3 is 0 Å². The van der Waals surface area contributed by atoms with Crippen molar-refractivity contribution in [1.82, 2.24) is 4.98 Å². The Morgan fingerprint density at radius 2 is 1.82 bits per heavy atom. The first-order chi connectivity index (χ1) is 8.36. The minimum Gasteiger partial charge on any atom is -0.398 e. The smallest absolute Gasteiger partial charge is 0.136 e. The third-order valence-corrected chi connectivity index (χ3v) is 3.47. The second kappa shape index (κ2) is 4.24. The van der Waals surface area contributed by atoms with Gasteiger partial charge in [-0.05, 0) is 31.4 Å². The van der Waals surface area contributed by atoms with Crippen LogP contribution in [0.5, 0.6) is 0 Å². The lowest BCUT2D eigenvalue weighted by molar-refractivity contribution is 0.575. The first-order valence-corrected chi connectivity index (χ1v) is 6.24. The number of piperidine rings is 1. The minimum absolute atomic E-state index is 0.836. The van der Waals surface area contributed by atoms with Gasteiger partial charge in [-0.1, -0.05) is 12.1 Å². The molecule has 1 aliphatic heterocycles. The lowest BCUT2D eigenvalue weighted by Crippen LogP contribution is -2.30. The Bertz CT molecular complexity index is 530. The van der Waals surface area contributed by atoms with E-state index in [1.165, 1.54) is 24.6 Å². The molecule has 1 saturated heterocycles.